The quantitative estimate of drug-likeness (QED) is 0.296. The third-order valence-electron chi connectivity index (χ3n) is 3.08. The lowest BCUT2D eigenvalue weighted by Gasteiger charge is -2.08. The Morgan fingerprint density at radius 1 is 1.45 bits per heavy atom. The van der Waals surface area contributed by atoms with Crippen LogP contribution in [0.5, 0.6) is 0 Å². The highest BCUT2D eigenvalue weighted by Gasteiger charge is 1.98. The largest absolute Gasteiger partial charge is 0.385 e. The molecule has 0 bridgehead atoms. The predicted octanol–water partition coefficient (Wildman–Crippen LogP) is 1.87. The molecular formula is C16H24N4O2. The average Bonchev–Trinajstić information content (AvgIpc) is 2.52. The van der Waals surface area contributed by atoms with Crippen LogP contribution in [0.3, 0.4) is 0 Å². The lowest BCUT2D eigenvalue weighted by molar-refractivity contribution is -0.124. The second kappa shape index (κ2) is 9.57. The number of nitrogens with one attached hydrogen (secondary N) is 1. The van der Waals surface area contributed by atoms with Crippen LogP contribution in [0, 0.1) is 0 Å². The zero-order valence-corrected chi connectivity index (χ0v) is 13.0. The number of carbonyl (C=O) groups is 1. The molecule has 0 atom stereocenters. The number of rotatable bonds is 8. The molecule has 0 radical (unpaired) electrons. The molecule has 0 saturated heterocycles. The third-order valence-corrected chi connectivity index (χ3v) is 3.08. The topological polar surface area (TPSA) is 92.6 Å². The summed E-state index contributed by atoms with van der Waals surface area (Å²) in [6.07, 6.45) is 9.16. The Morgan fingerprint density at radius 2 is 2.23 bits per heavy atom. The van der Waals surface area contributed by atoms with Gasteiger partial charge in [0.05, 0.1) is 0 Å². The van der Waals surface area contributed by atoms with E-state index in [9.17, 15) is 4.79 Å². The van der Waals surface area contributed by atoms with Gasteiger partial charge in [0.25, 0.3) is 5.91 Å². The number of pyridine rings is 1. The minimum atomic E-state index is -0.595. The van der Waals surface area contributed by atoms with E-state index in [0.29, 0.717) is 5.82 Å². The Hall–Kier alpha value is -2.34. The summed E-state index contributed by atoms with van der Waals surface area (Å²) in [5.41, 5.74) is 8.80. The van der Waals surface area contributed by atoms with Crippen LogP contribution in [-0.4, -0.2) is 22.2 Å². The normalized spacial score (nSPS) is 11.8. The van der Waals surface area contributed by atoms with Gasteiger partial charge in [-0.05, 0) is 30.2 Å². The highest BCUT2D eigenvalue weighted by molar-refractivity contribution is 5.90. The first-order chi connectivity index (χ1) is 10.6. The minimum Gasteiger partial charge on any atom is -0.385 e. The summed E-state index contributed by atoms with van der Waals surface area (Å²) in [5, 5.41) is 8.45. The summed E-state index contributed by atoms with van der Waals surface area (Å²) in [7, 11) is 0. The van der Waals surface area contributed by atoms with E-state index >= 15 is 0 Å². The van der Waals surface area contributed by atoms with Crippen LogP contribution >= 0.6 is 0 Å². The predicted molar refractivity (Wildman–Crippen MR) is 87.5 cm³/mol. The average molecular weight is 304 g/mol. The molecule has 0 saturated carbocycles. The molecule has 0 spiro atoms. The molecule has 22 heavy (non-hydrogen) atoms. The maximum absolute atomic E-state index is 11.0. The van der Waals surface area contributed by atoms with Crippen molar-refractivity contribution in [3.8, 4) is 0 Å². The zero-order chi connectivity index (χ0) is 16.4. The van der Waals surface area contributed by atoms with Crippen LogP contribution < -0.4 is 16.7 Å². The van der Waals surface area contributed by atoms with E-state index in [1.807, 2.05) is 12.1 Å². The summed E-state index contributed by atoms with van der Waals surface area (Å²) in [4.78, 5) is 15.5. The number of aromatic nitrogens is 1. The van der Waals surface area contributed by atoms with Crippen LogP contribution in [0.4, 0.5) is 0 Å². The molecule has 0 fully saturated rings. The number of unbranched alkanes of at least 4 members (excludes halogenated alkanes) is 3. The Labute approximate surface area is 130 Å². The summed E-state index contributed by atoms with van der Waals surface area (Å²) in [6.45, 7) is 6.65. The number of hydroxylamine groups is 1. The molecule has 0 aliphatic rings. The zero-order valence-electron chi connectivity index (χ0n) is 13.0. The molecule has 1 aromatic heterocycles. The van der Waals surface area contributed by atoms with Gasteiger partial charge in [-0.1, -0.05) is 32.8 Å². The third kappa shape index (κ3) is 5.97. The molecule has 4 N–H and O–H groups in total. The van der Waals surface area contributed by atoms with Crippen molar-refractivity contribution in [3.05, 3.63) is 42.0 Å². The first kappa shape index (κ1) is 17.7. The van der Waals surface area contributed by atoms with Gasteiger partial charge >= 0.3 is 0 Å². The molecule has 0 unspecified atom stereocenters. The summed E-state index contributed by atoms with van der Waals surface area (Å²) in [5.74, 6) is -0.239. The molecule has 6 heteroatoms. The number of nitrogens with two attached hydrogens (primary N) is 1. The van der Waals surface area contributed by atoms with Crippen molar-refractivity contribution in [1.29, 1.82) is 0 Å². The van der Waals surface area contributed by atoms with E-state index < -0.39 is 5.91 Å². The van der Waals surface area contributed by atoms with Gasteiger partial charge in [-0.15, -0.1) is 0 Å². The molecule has 120 valence electrons. The van der Waals surface area contributed by atoms with Gasteiger partial charge in [0.15, 0.2) is 0 Å². The van der Waals surface area contributed by atoms with Crippen molar-refractivity contribution >= 4 is 17.8 Å². The molecule has 1 amide bonds. The molecule has 1 aromatic rings. The molecule has 1 heterocycles. The van der Waals surface area contributed by atoms with Crippen molar-refractivity contribution in [2.45, 2.75) is 32.6 Å². The highest BCUT2D eigenvalue weighted by Crippen LogP contribution is 2.02. The number of nitrogens with zero attached hydrogens (tertiary/aromatic N) is 2. The maximum atomic E-state index is 11.0. The smallest absolute Gasteiger partial charge is 0.267 e. The van der Waals surface area contributed by atoms with E-state index in [1.54, 1.807) is 16.8 Å². The lowest BCUT2D eigenvalue weighted by Crippen LogP contribution is -2.23. The molecule has 1 rings (SSSR count). The number of hydrogen-bond acceptors (Lipinski definition) is 4. The maximum Gasteiger partial charge on any atom is 0.267 e. The SMILES string of the molecule is C=C(N)n1cc(/C=C/C(=O)NO)ccc1=NCCCCCC. The second-order valence-electron chi connectivity index (χ2n) is 4.93. The van der Waals surface area contributed by atoms with E-state index in [0.717, 1.165) is 24.0 Å². The fourth-order valence-corrected chi connectivity index (χ4v) is 1.91. The molecule has 6 nitrogen and oxygen atoms in total. The molecule has 0 aromatic carbocycles. The fraction of sp³-hybridized carbons (Fsp3) is 0.375. The van der Waals surface area contributed by atoms with Crippen molar-refractivity contribution < 1.29 is 10.0 Å². The van der Waals surface area contributed by atoms with Gasteiger partial charge in [0, 0.05) is 18.8 Å². The van der Waals surface area contributed by atoms with E-state index in [2.05, 4.69) is 18.5 Å². The van der Waals surface area contributed by atoms with Gasteiger partial charge in [-0.2, -0.15) is 0 Å². The van der Waals surface area contributed by atoms with Crippen LogP contribution in [0.2, 0.25) is 0 Å². The molecule has 0 aliphatic heterocycles. The first-order valence-corrected chi connectivity index (χ1v) is 7.38. The second-order valence-corrected chi connectivity index (χ2v) is 4.93. The van der Waals surface area contributed by atoms with Gasteiger partial charge in [0.2, 0.25) is 0 Å². The van der Waals surface area contributed by atoms with E-state index in [1.165, 1.54) is 30.8 Å². The van der Waals surface area contributed by atoms with Crippen molar-refractivity contribution in [3.63, 3.8) is 0 Å². The number of hydrogen-bond donors (Lipinski definition) is 3. The van der Waals surface area contributed by atoms with Gasteiger partial charge in [0.1, 0.15) is 11.3 Å². The molecule has 0 aliphatic carbocycles. The van der Waals surface area contributed by atoms with Crippen molar-refractivity contribution in [2.24, 2.45) is 10.7 Å². The Balaban J connectivity index is 2.90. The van der Waals surface area contributed by atoms with Crippen molar-refractivity contribution in [2.75, 3.05) is 6.54 Å². The number of carbonyl (C=O) groups excluding carboxylic acids is 1. The van der Waals surface area contributed by atoms with Crippen LogP contribution in [0.15, 0.2) is 36.0 Å². The monoisotopic (exact) mass is 304 g/mol. The highest BCUT2D eigenvalue weighted by atomic mass is 16.5. The lowest BCUT2D eigenvalue weighted by atomic mass is 10.2. The van der Waals surface area contributed by atoms with Gasteiger partial charge < -0.3 is 5.73 Å². The summed E-state index contributed by atoms with van der Waals surface area (Å²) in [6, 6.07) is 3.65. The van der Waals surface area contributed by atoms with E-state index in [4.69, 9.17) is 10.9 Å². The van der Waals surface area contributed by atoms with E-state index in [-0.39, 0.29) is 0 Å². The standard InChI is InChI=1S/C16H24N4O2/c1-3-4-5-6-11-18-15-9-7-14(8-10-16(21)19-22)12-20(15)13(2)17/h7-10,12,22H,2-6,11,17H2,1H3,(H,19,21)/b10-8+,18-15?. The number of amides is 1. The van der Waals surface area contributed by atoms with Crippen LogP contribution in [0.25, 0.3) is 11.9 Å². The Kier molecular flexibility index (Phi) is 7.70. The minimum absolute atomic E-state index is 0.356. The summed E-state index contributed by atoms with van der Waals surface area (Å²) >= 11 is 0. The van der Waals surface area contributed by atoms with Crippen molar-refractivity contribution in [1.82, 2.24) is 10.0 Å². The Morgan fingerprint density at radius 3 is 2.86 bits per heavy atom. The molecular weight excluding hydrogens is 280 g/mol. The van der Waals surface area contributed by atoms with Gasteiger partial charge in [-0.25, -0.2) is 5.48 Å². The Bertz CT molecular complexity index is 602. The van der Waals surface area contributed by atoms with Gasteiger partial charge in [-0.3, -0.25) is 19.6 Å². The van der Waals surface area contributed by atoms with Crippen LogP contribution in [0.1, 0.15) is 38.2 Å². The van der Waals surface area contributed by atoms with Crippen LogP contribution in [-0.2, 0) is 4.79 Å². The first-order valence-electron chi connectivity index (χ1n) is 7.38. The fourth-order valence-electron chi connectivity index (χ4n) is 1.91. The summed E-state index contributed by atoms with van der Waals surface area (Å²) < 4.78 is 1.68.